The van der Waals surface area contributed by atoms with Crippen LogP contribution >= 0.6 is 11.6 Å². The standard InChI is InChI=1S/C24H21ClF3N3O4S/c25-16-4-3-12(22(32)31-15-8-17(26)20(28)18(27)9-15)7-19(16)36(34,35)21-13-1-2-14(21)11-24(33,10-13)23-29-5-6-30-23/h3-9,13-14,21,33H,1-2,10-11H2,(H,29,30)(H,31,32)/t13-,14?,21+,24+/m0/s1. The molecule has 4 atom stereocenters. The Morgan fingerprint density at radius 1 is 1.11 bits per heavy atom. The molecule has 2 aromatic carbocycles. The first-order chi connectivity index (χ1) is 17.0. The number of anilines is 1. The van der Waals surface area contributed by atoms with Crippen LogP contribution in [0.1, 0.15) is 41.9 Å². The number of fused-ring (bicyclic) bond motifs is 2. The number of H-pyrrole nitrogens is 1. The molecule has 5 rings (SSSR count). The average molecular weight is 540 g/mol. The number of amides is 1. The molecular formula is C24H21ClF3N3O4S. The number of aliphatic hydroxyl groups is 1. The molecule has 2 aliphatic rings. The van der Waals surface area contributed by atoms with E-state index < -0.39 is 44.0 Å². The molecule has 1 aromatic heterocycles. The molecule has 2 aliphatic carbocycles. The maximum Gasteiger partial charge on any atom is 0.255 e. The summed E-state index contributed by atoms with van der Waals surface area (Å²) in [6, 6.07) is 4.89. The maximum atomic E-state index is 13.8. The van der Waals surface area contributed by atoms with Gasteiger partial charge in [-0.15, -0.1) is 0 Å². The number of hydrogen-bond donors (Lipinski definition) is 3. The van der Waals surface area contributed by atoms with E-state index in [1.165, 1.54) is 18.3 Å². The summed E-state index contributed by atoms with van der Waals surface area (Å²) in [5.41, 5.74) is -1.70. The Morgan fingerprint density at radius 2 is 1.75 bits per heavy atom. The summed E-state index contributed by atoms with van der Waals surface area (Å²) < 4.78 is 67.8. The van der Waals surface area contributed by atoms with Crippen molar-refractivity contribution in [1.82, 2.24) is 9.97 Å². The fraction of sp³-hybridized carbons (Fsp3) is 0.333. The largest absolute Gasteiger partial charge is 0.382 e. The minimum absolute atomic E-state index is 0.0725. The third-order valence-electron chi connectivity index (χ3n) is 7.08. The normalized spacial score (nSPS) is 25.6. The zero-order chi connectivity index (χ0) is 25.8. The van der Waals surface area contributed by atoms with Crippen LogP contribution < -0.4 is 5.32 Å². The lowest BCUT2D eigenvalue weighted by atomic mass is 9.76. The van der Waals surface area contributed by atoms with Gasteiger partial charge in [0.1, 0.15) is 11.4 Å². The fourth-order valence-electron chi connectivity index (χ4n) is 5.59. The highest BCUT2D eigenvalue weighted by Gasteiger charge is 2.55. The van der Waals surface area contributed by atoms with Crippen LogP contribution in [0.25, 0.3) is 0 Å². The van der Waals surface area contributed by atoms with Gasteiger partial charge >= 0.3 is 0 Å². The molecule has 1 heterocycles. The predicted molar refractivity (Wildman–Crippen MR) is 125 cm³/mol. The highest BCUT2D eigenvalue weighted by atomic mass is 35.5. The van der Waals surface area contributed by atoms with Crippen molar-refractivity contribution in [2.45, 2.75) is 41.4 Å². The maximum absolute atomic E-state index is 13.8. The van der Waals surface area contributed by atoms with E-state index >= 15 is 0 Å². The highest BCUT2D eigenvalue weighted by Crippen LogP contribution is 2.53. The minimum atomic E-state index is -4.02. The van der Waals surface area contributed by atoms with Crippen LogP contribution in [0.2, 0.25) is 5.02 Å². The molecule has 190 valence electrons. The average Bonchev–Trinajstić information content (AvgIpc) is 3.46. The predicted octanol–water partition coefficient (Wildman–Crippen LogP) is 4.58. The zero-order valence-corrected chi connectivity index (χ0v) is 20.2. The summed E-state index contributed by atoms with van der Waals surface area (Å²) in [6.45, 7) is 0. The number of hydrogen-bond acceptors (Lipinski definition) is 5. The number of aromatic amines is 1. The first-order valence-electron chi connectivity index (χ1n) is 11.2. The van der Waals surface area contributed by atoms with Crippen molar-refractivity contribution in [3.05, 3.63) is 76.6 Å². The van der Waals surface area contributed by atoms with Crippen molar-refractivity contribution >= 4 is 33.0 Å². The summed E-state index contributed by atoms with van der Waals surface area (Å²) in [5.74, 6) is -5.77. The van der Waals surface area contributed by atoms with E-state index in [2.05, 4.69) is 15.3 Å². The number of carbonyl (C=O) groups excluding carboxylic acids is 1. The number of nitrogens with one attached hydrogen (secondary N) is 2. The smallest absolute Gasteiger partial charge is 0.255 e. The summed E-state index contributed by atoms with van der Waals surface area (Å²) in [6.07, 6.45) is 4.76. The molecule has 2 saturated carbocycles. The number of halogens is 4. The molecule has 1 amide bonds. The van der Waals surface area contributed by atoms with E-state index in [0.29, 0.717) is 30.8 Å². The molecule has 0 aliphatic heterocycles. The van der Waals surface area contributed by atoms with Crippen LogP contribution in [0.3, 0.4) is 0 Å². The summed E-state index contributed by atoms with van der Waals surface area (Å²) in [7, 11) is -4.02. The van der Waals surface area contributed by atoms with Crippen molar-refractivity contribution in [2.75, 3.05) is 5.32 Å². The van der Waals surface area contributed by atoms with E-state index in [-0.39, 0.29) is 45.8 Å². The van der Waals surface area contributed by atoms with Gasteiger partial charge in [-0.25, -0.2) is 26.6 Å². The Labute approximate surface area is 209 Å². The molecule has 3 aromatic rings. The van der Waals surface area contributed by atoms with Crippen molar-refractivity contribution in [1.29, 1.82) is 0 Å². The molecule has 36 heavy (non-hydrogen) atoms. The third-order valence-corrected chi connectivity index (χ3v) is 9.96. The second kappa shape index (κ2) is 8.89. The monoisotopic (exact) mass is 539 g/mol. The van der Waals surface area contributed by atoms with Gasteiger partial charge in [-0.3, -0.25) is 4.79 Å². The van der Waals surface area contributed by atoms with Gasteiger partial charge in [0.2, 0.25) is 0 Å². The van der Waals surface area contributed by atoms with Gasteiger partial charge in [0.25, 0.3) is 5.91 Å². The number of nitrogens with zero attached hydrogens (tertiary/aromatic N) is 1. The van der Waals surface area contributed by atoms with Crippen molar-refractivity contribution in [3.8, 4) is 0 Å². The number of rotatable bonds is 5. The molecular weight excluding hydrogens is 519 g/mol. The van der Waals surface area contributed by atoms with Gasteiger partial charge < -0.3 is 15.4 Å². The minimum Gasteiger partial charge on any atom is -0.382 e. The van der Waals surface area contributed by atoms with E-state index in [0.717, 1.165) is 6.07 Å². The van der Waals surface area contributed by atoms with E-state index in [4.69, 9.17) is 11.6 Å². The topological polar surface area (TPSA) is 112 Å². The Bertz CT molecular complexity index is 1410. The summed E-state index contributed by atoms with van der Waals surface area (Å²) >= 11 is 6.26. The van der Waals surface area contributed by atoms with Crippen LogP contribution in [0.15, 0.2) is 47.6 Å². The van der Waals surface area contributed by atoms with Gasteiger partial charge in [-0.2, -0.15) is 0 Å². The van der Waals surface area contributed by atoms with Crippen molar-refractivity contribution in [2.24, 2.45) is 11.8 Å². The SMILES string of the molecule is O=C(Nc1cc(F)c(F)c(F)c1)c1ccc(Cl)c(S(=O)(=O)[C@H]2C3CC[C@H]2C[C@](O)(c2ncc[nH]2)C3)c1. The lowest BCUT2D eigenvalue weighted by Gasteiger charge is -2.39. The zero-order valence-electron chi connectivity index (χ0n) is 18.6. The Hall–Kier alpha value is -2.89. The molecule has 1 unspecified atom stereocenters. The molecule has 2 fully saturated rings. The second-order valence-corrected chi connectivity index (χ2v) is 11.8. The second-order valence-electron chi connectivity index (χ2n) is 9.34. The molecule has 0 saturated heterocycles. The quantitative estimate of drug-likeness (QED) is 0.411. The number of carbonyl (C=O) groups is 1. The molecule has 7 nitrogen and oxygen atoms in total. The first kappa shape index (κ1) is 24.8. The van der Waals surface area contributed by atoms with E-state index in [1.54, 1.807) is 6.20 Å². The Kier molecular flexibility index (Phi) is 6.12. The lowest BCUT2D eigenvalue weighted by Crippen LogP contribution is -2.45. The molecule has 2 bridgehead atoms. The van der Waals surface area contributed by atoms with Crippen molar-refractivity contribution < 1.29 is 31.5 Å². The van der Waals surface area contributed by atoms with Gasteiger partial charge in [-0.1, -0.05) is 11.6 Å². The van der Waals surface area contributed by atoms with Crippen LogP contribution in [0.4, 0.5) is 18.9 Å². The van der Waals surface area contributed by atoms with Crippen molar-refractivity contribution in [3.63, 3.8) is 0 Å². The third kappa shape index (κ3) is 4.18. The summed E-state index contributed by atoms with van der Waals surface area (Å²) in [4.78, 5) is 19.6. The van der Waals surface area contributed by atoms with Gasteiger partial charge in [0, 0.05) is 35.8 Å². The molecule has 0 spiro atoms. The molecule has 12 heteroatoms. The van der Waals surface area contributed by atoms with Gasteiger partial charge in [-0.05, 0) is 55.7 Å². The van der Waals surface area contributed by atoms with E-state index in [1.807, 2.05) is 0 Å². The Balaban J connectivity index is 1.42. The molecule has 0 radical (unpaired) electrons. The molecule has 3 N–H and O–H groups in total. The first-order valence-corrected chi connectivity index (χ1v) is 13.1. The van der Waals surface area contributed by atoms with E-state index in [9.17, 15) is 31.5 Å². The number of sulfone groups is 1. The van der Waals surface area contributed by atoms with Crippen LogP contribution in [0.5, 0.6) is 0 Å². The van der Waals surface area contributed by atoms with Crippen LogP contribution in [0, 0.1) is 29.3 Å². The lowest BCUT2D eigenvalue weighted by molar-refractivity contribution is -0.0310. The van der Waals surface area contributed by atoms with Crippen LogP contribution in [-0.2, 0) is 15.4 Å². The van der Waals surface area contributed by atoms with Crippen LogP contribution in [-0.4, -0.2) is 34.6 Å². The number of benzene rings is 2. The number of imidazole rings is 1. The summed E-state index contributed by atoms with van der Waals surface area (Å²) in [5, 5.41) is 12.5. The number of aromatic nitrogens is 2. The van der Waals surface area contributed by atoms with Gasteiger partial charge in [0.05, 0.1) is 15.2 Å². The Morgan fingerprint density at radius 3 is 2.33 bits per heavy atom. The van der Waals surface area contributed by atoms with Gasteiger partial charge in [0.15, 0.2) is 27.3 Å². The fourth-order valence-corrected chi connectivity index (χ4v) is 8.43. The highest BCUT2D eigenvalue weighted by molar-refractivity contribution is 7.92.